The Morgan fingerprint density at radius 2 is 1.88 bits per heavy atom. The topological polar surface area (TPSA) is 132 Å². The lowest BCUT2D eigenvalue weighted by Gasteiger charge is -2.30. The van der Waals surface area contributed by atoms with Gasteiger partial charge in [-0.3, -0.25) is 14.8 Å². The number of hydrogen-bond donors (Lipinski definition) is 1. The first-order valence-electron chi connectivity index (χ1n) is 10.1. The smallest absolute Gasteiger partial charge is 0.322 e. The number of carbonyl (C=O) groups is 1. The Bertz CT molecular complexity index is 1210. The van der Waals surface area contributed by atoms with Crippen LogP contribution in [0.3, 0.4) is 0 Å². The molecule has 1 aliphatic heterocycles. The molecule has 1 aromatic carbocycles. The van der Waals surface area contributed by atoms with E-state index in [0.717, 1.165) is 5.69 Å². The van der Waals surface area contributed by atoms with E-state index in [1.165, 1.54) is 23.5 Å². The number of carbonyl (C=O) groups excluding carboxylic acids is 1. The molecule has 1 N–H and O–H groups in total. The minimum Gasteiger partial charge on any atom is -0.497 e. The van der Waals surface area contributed by atoms with Gasteiger partial charge in [0.2, 0.25) is 15.9 Å². The number of aromatic nitrogens is 4. The van der Waals surface area contributed by atoms with E-state index in [9.17, 15) is 13.2 Å². The first-order chi connectivity index (χ1) is 15.3. The molecule has 32 heavy (non-hydrogen) atoms. The summed E-state index contributed by atoms with van der Waals surface area (Å²) < 4.78 is 39.4. The number of anilines is 1. The van der Waals surface area contributed by atoms with E-state index in [-0.39, 0.29) is 41.7 Å². The Hall–Kier alpha value is -3.25. The Morgan fingerprint density at radius 3 is 2.47 bits per heavy atom. The maximum atomic E-state index is 12.9. The number of amides is 1. The molecule has 0 spiro atoms. The highest BCUT2D eigenvalue weighted by Gasteiger charge is 2.32. The number of hydrogen-bond acceptors (Lipinski definition) is 8. The third-order valence-corrected chi connectivity index (χ3v) is 7.31. The fourth-order valence-electron chi connectivity index (χ4n) is 3.65. The Morgan fingerprint density at radius 1 is 1.19 bits per heavy atom. The normalized spacial score (nSPS) is 15.6. The number of methoxy groups -OCH3 is 1. The fourth-order valence-corrected chi connectivity index (χ4v) is 5.12. The van der Waals surface area contributed by atoms with Crippen LogP contribution in [0.25, 0.3) is 11.6 Å². The van der Waals surface area contributed by atoms with Gasteiger partial charge in [-0.2, -0.15) is 9.40 Å². The molecule has 0 radical (unpaired) electrons. The molecule has 1 fully saturated rings. The van der Waals surface area contributed by atoms with Crippen molar-refractivity contribution < 1.29 is 22.4 Å². The van der Waals surface area contributed by atoms with Crippen molar-refractivity contribution in [1.29, 1.82) is 0 Å². The van der Waals surface area contributed by atoms with E-state index in [1.807, 2.05) is 6.92 Å². The average Bonchev–Trinajstić information content (AvgIpc) is 3.39. The summed E-state index contributed by atoms with van der Waals surface area (Å²) in [5, 5.41) is 14.7. The quantitative estimate of drug-likeness (QED) is 0.589. The van der Waals surface area contributed by atoms with Crippen LogP contribution >= 0.6 is 0 Å². The monoisotopic (exact) mass is 460 g/mol. The Labute approximate surface area is 185 Å². The average molecular weight is 461 g/mol. The third-order valence-electron chi connectivity index (χ3n) is 5.40. The van der Waals surface area contributed by atoms with Gasteiger partial charge in [-0.25, -0.2) is 8.42 Å². The number of ether oxygens (including phenoxy) is 1. The lowest BCUT2D eigenvalue weighted by molar-refractivity contribution is -0.121. The van der Waals surface area contributed by atoms with Gasteiger partial charge >= 0.3 is 6.01 Å². The number of rotatable bonds is 6. The van der Waals surface area contributed by atoms with Gasteiger partial charge in [0.05, 0.1) is 17.7 Å². The molecule has 1 aliphatic rings. The number of piperidine rings is 1. The number of nitrogens with one attached hydrogen (secondary N) is 1. The maximum absolute atomic E-state index is 12.9. The second-order valence-corrected chi connectivity index (χ2v) is 9.49. The van der Waals surface area contributed by atoms with Crippen LogP contribution in [0, 0.1) is 12.8 Å². The molecule has 12 heteroatoms. The summed E-state index contributed by atoms with van der Waals surface area (Å²) in [5.41, 5.74) is 1.45. The van der Waals surface area contributed by atoms with Gasteiger partial charge < -0.3 is 9.15 Å². The summed E-state index contributed by atoms with van der Waals surface area (Å²) in [6.45, 7) is 2.34. The van der Waals surface area contributed by atoms with Gasteiger partial charge in [0, 0.05) is 26.1 Å². The summed E-state index contributed by atoms with van der Waals surface area (Å²) in [7, 11) is -0.343. The molecular formula is C20H24N6O5S. The lowest BCUT2D eigenvalue weighted by Crippen LogP contribution is -2.41. The molecule has 2 aromatic heterocycles. The van der Waals surface area contributed by atoms with E-state index < -0.39 is 10.0 Å². The molecule has 11 nitrogen and oxygen atoms in total. The highest BCUT2D eigenvalue weighted by molar-refractivity contribution is 7.89. The molecule has 0 atom stereocenters. The van der Waals surface area contributed by atoms with Gasteiger partial charge in [-0.15, -0.1) is 5.10 Å². The van der Waals surface area contributed by atoms with Crippen molar-refractivity contribution in [3.63, 3.8) is 0 Å². The zero-order chi connectivity index (χ0) is 22.9. The highest BCUT2D eigenvalue weighted by Crippen LogP contribution is 2.26. The number of benzene rings is 1. The van der Waals surface area contributed by atoms with Crippen LogP contribution in [0.5, 0.6) is 5.75 Å². The zero-order valence-corrected chi connectivity index (χ0v) is 18.8. The summed E-state index contributed by atoms with van der Waals surface area (Å²) in [6, 6.07) is 8.06. The van der Waals surface area contributed by atoms with E-state index in [4.69, 9.17) is 9.15 Å². The molecule has 4 rings (SSSR count). The predicted octanol–water partition coefficient (Wildman–Crippen LogP) is 1.83. The van der Waals surface area contributed by atoms with Crippen molar-refractivity contribution in [2.24, 2.45) is 13.0 Å². The van der Waals surface area contributed by atoms with Gasteiger partial charge in [-0.05, 0) is 50.1 Å². The van der Waals surface area contributed by atoms with Crippen molar-refractivity contribution in [3.8, 4) is 17.3 Å². The van der Waals surface area contributed by atoms with Gasteiger partial charge in [0.1, 0.15) is 11.4 Å². The molecule has 1 amide bonds. The van der Waals surface area contributed by atoms with Crippen molar-refractivity contribution >= 4 is 21.9 Å². The van der Waals surface area contributed by atoms with Crippen LogP contribution in [0.2, 0.25) is 0 Å². The van der Waals surface area contributed by atoms with Crippen LogP contribution in [0.1, 0.15) is 18.5 Å². The number of sulfonamides is 1. The molecule has 0 aliphatic carbocycles. The van der Waals surface area contributed by atoms with Gasteiger partial charge in [0.15, 0.2) is 0 Å². The number of aryl methyl sites for hydroxylation is 2. The van der Waals surface area contributed by atoms with Crippen molar-refractivity contribution in [3.05, 3.63) is 36.0 Å². The van der Waals surface area contributed by atoms with Crippen LogP contribution in [0.15, 0.2) is 39.6 Å². The maximum Gasteiger partial charge on any atom is 0.322 e. The van der Waals surface area contributed by atoms with Crippen LogP contribution in [-0.2, 0) is 21.9 Å². The molecule has 0 unspecified atom stereocenters. The van der Waals surface area contributed by atoms with Crippen molar-refractivity contribution in [2.45, 2.75) is 24.7 Å². The zero-order valence-electron chi connectivity index (χ0n) is 18.0. The highest BCUT2D eigenvalue weighted by atomic mass is 32.2. The van der Waals surface area contributed by atoms with E-state index >= 15 is 0 Å². The first kappa shape index (κ1) is 22.0. The standard InChI is InChI=1S/C20H24N6O5S/c1-13-12-17(25(2)24-13)19-22-23-20(31-19)21-18(27)14-8-10-26(11-9-14)32(28,29)16-6-4-15(30-3)5-7-16/h4-7,12,14H,8-11H2,1-3H3,(H,21,23,27). The second-order valence-electron chi connectivity index (χ2n) is 7.55. The summed E-state index contributed by atoms with van der Waals surface area (Å²) in [4.78, 5) is 12.8. The molecule has 0 saturated carbocycles. The molecule has 3 heterocycles. The summed E-state index contributed by atoms with van der Waals surface area (Å²) in [5.74, 6) is 0.209. The summed E-state index contributed by atoms with van der Waals surface area (Å²) in [6.07, 6.45) is 0.784. The molecule has 3 aromatic rings. The Balaban J connectivity index is 1.36. The second kappa shape index (κ2) is 8.71. The van der Waals surface area contributed by atoms with E-state index in [0.29, 0.717) is 24.3 Å². The SMILES string of the molecule is COc1ccc(S(=O)(=O)N2CCC(C(=O)Nc3nnc(-c4cc(C)nn4C)o3)CC2)cc1. The van der Waals surface area contributed by atoms with E-state index in [1.54, 1.807) is 29.9 Å². The summed E-state index contributed by atoms with van der Waals surface area (Å²) >= 11 is 0. The van der Waals surface area contributed by atoms with Crippen LogP contribution in [-0.4, -0.2) is 58.8 Å². The minimum atomic E-state index is -3.63. The van der Waals surface area contributed by atoms with Crippen LogP contribution in [0.4, 0.5) is 6.01 Å². The molecule has 170 valence electrons. The number of nitrogens with zero attached hydrogens (tertiary/aromatic N) is 5. The largest absolute Gasteiger partial charge is 0.497 e. The molecule has 0 bridgehead atoms. The predicted molar refractivity (Wildman–Crippen MR) is 114 cm³/mol. The molecule has 1 saturated heterocycles. The third kappa shape index (κ3) is 4.36. The molecular weight excluding hydrogens is 436 g/mol. The first-order valence-corrected chi connectivity index (χ1v) is 11.5. The van der Waals surface area contributed by atoms with Crippen molar-refractivity contribution in [1.82, 2.24) is 24.3 Å². The van der Waals surface area contributed by atoms with Crippen molar-refractivity contribution in [2.75, 3.05) is 25.5 Å². The van der Waals surface area contributed by atoms with E-state index in [2.05, 4.69) is 20.6 Å². The fraction of sp³-hybridized carbons (Fsp3) is 0.400. The lowest BCUT2D eigenvalue weighted by atomic mass is 9.97. The van der Waals surface area contributed by atoms with Crippen LogP contribution < -0.4 is 10.1 Å². The van der Waals surface area contributed by atoms with Gasteiger partial charge in [0.25, 0.3) is 5.89 Å². The Kier molecular flexibility index (Phi) is 5.98. The van der Waals surface area contributed by atoms with Gasteiger partial charge in [-0.1, -0.05) is 5.10 Å². The minimum absolute atomic E-state index is 0.00265.